The molecule has 1 aromatic heterocycles. The maximum Gasteiger partial charge on any atom is 0.224 e. The Balaban J connectivity index is 1.12. The van der Waals surface area contributed by atoms with E-state index in [4.69, 9.17) is 9.72 Å². The van der Waals surface area contributed by atoms with Crippen LogP contribution in [0.3, 0.4) is 0 Å². The molecule has 9 heteroatoms. The van der Waals surface area contributed by atoms with Crippen LogP contribution in [0.15, 0.2) is 6.20 Å². The number of nitrogens with one attached hydrogen (secondary N) is 3. The van der Waals surface area contributed by atoms with E-state index in [2.05, 4.69) is 25.8 Å². The Morgan fingerprint density at radius 3 is 2.46 bits per heavy atom. The molecule has 0 aromatic carbocycles. The third kappa shape index (κ3) is 4.87. The van der Waals surface area contributed by atoms with Gasteiger partial charge in [0.1, 0.15) is 5.82 Å². The first-order chi connectivity index (χ1) is 17.1. The number of rotatable bonds is 6. The number of aromatic nitrogens is 2. The van der Waals surface area contributed by atoms with E-state index in [1.807, 2.05) is 6.20 Å². The van der Waals surface area contributed by atoms with Crippen molar-refractivity contribution in [3.05, 3.63) is 11.8 Å². The molecule has 9 nitrogen and oxygen atoms in total. The number of anilines is 2. The molecule has 0 bridgehead atoms. The molecule has 5 aliphatic rings. The van der Waals surface area contributed by atoms with Crippen LogP contribution in [0.2, 0.25) is 0 Å². The van der Waals surface area contributed by atoms with Gasteiger partial charge in [0.25, 0.3) is 0 Å². The minimum atomic E-state index is -1.19. The molecule has 0 spiro atoms. The lowest BCUT2D eigenvalue weighted by molar-refractivity contribution is -0.122. The predicted molar refractivity (Wildman–Crippen MR) is 133 cm³/mol. The molecule has 2 saturated heterocycles. The summed E-state index contributed by atoms with van der Waals surface area (Å²) in [6.45, 7) is 1.76. The standard InChI is InChI=1S/C26H40N6O3/c33-23-9-12-26(34,31-23)22-15-17-16-27-25(30-24(17)32(22)21-3-1-2-4-21)29-19-7-5-18(6-8-19)28-20-10-13-35-14-11-20/h16,18-22,28,34H,1-15H2,(H,31,33)(H,27,29,30). The quantitative estimate of drug-likeness (QED) is 0.487. The van der Waals surface area contributed by atoms with Gasteiger partial charge >= 0.3 is 0 Å². The number of ether oxygens (including phenoxy) is 1. The second-order valence-corrected chi connectivity index (χ2v) is 11.3. The average molecular weight is 485 g/mol. The lowest BCUT2D eigenvalue weighted by Crippen LogP contribution is -2.60. The highest BCUT2D eigenvalue weighted by Crippen LogP contribution is 2.42. The Morgan fingerprint density at radius 1 is 1.03 bits per heavy atom. The van der Waals surface area contributed by atoms with Crippen LogP contribution in [-0.2, 0) is 16.0 Å². The second-order valence-electron chi connectivity index (χ2n) is 11.3. The summed E-state index contributed by atoms with van der Waals surface area (Å²) in [5.74, 6) is 1.57. The number of nitrogens with zero attached hydrogens (tertiary/aromatic N) is 3. The topological polar surface area (TPSA) is 112 Å². The van der Waals surface area contributed by atoms with Crippen molar-refractivity contribution in [3.8, 4) is 0 Å². The molecule has 4 heterocycles. The van der Waals surface area contributed by atoms with E-state index in [-0.39, 0.29) is 11.9 Å². The second kappa shape index (κ2) is 9.82. The van der Waals surface area contributed by atoms with Crippen LogP contribution >= 0.6 is 0 Å². The summed E-state index contributed by atoms with van der Waals surface area (Å²) in [5.41, 5.74) is -0.115. The van der Waals surface area contributed by atoms with E-state index in [0.29, 0.717) is 49.4 Å². The third-order valence-corrected chi connectivity index (χ3v) is 8.95. The zero-order chi connectivity index (χ0) is 23.8. The molecule has 192 valence electrons. The van der Waals surface area contributed by atoms with E-state index in [1.54, 1.807) is 0 Å². The normalized spacial score (nSPS) is 34.3. The SMILES string of the molecule is O=C1CCC(O)(C2Cc3cnc(NC4CCC(NC5CCOCC5)CC4)nc3N2C2CCCC2)N1. The smallest absolute Gasteiger partial charge is 0.224 e. The predicted octanol–water partition coefficient (Wildman–Crippen LogP) is 2.24. The van der Waals surface area contributed by atoms with Crippen LogP contribution in [0.1, 0.15) is 82.6 Å². The van der Waals surface area contributed by atoms with E-state index >= 15 is 0 Å². The van der Waals surface area contributed by atoms with Gasteiger partial charge in [-0.3, -0.25) is 4.79 Å². The van der Waals surface area contributed by atoms with Gasteiger partial charge < -0.3 is 30.7 Å². The Labute approximate surface area is 207 Å². The molecule has 1 amide bonds. The fourth-order valence-electron chi connectivity index (χ4n) is 7.00. The number of hydrogen-bond donors (Lipinski definition) is 4. The molecule has 2 saturated carbocycles. The van der Waals surface area contributed by atoms with Gasteiger partial charge in [0.15, 0.2) is 5.72 Å². The fourth-order valence-corrected chi connectivity index (χ4v) is 7.00. The minimum Gasteiger partial charge on any atom is -0.381 e. The molecule has 2 unspecified atom stereocenters. The van der Waals surface area contributed by atoms with Crippen molar-refractivity contribution in [1.29, 1.82) is 0 Å². The molecule has 6 rings (SSSR count). The summed E-state index contributed by atoms with van der Waals surface area (Å²) in [4.78, 5) is 24.0. The molecule has 35 heavy (non-hydrogen) atoms. The average Bonchev–Trinajstić information content (AvgIpc) is 3.60. The van der Waals surface area contributed by atoms with Crippen LogP contribution in [0.25, 0.3) is 0 Å². The summed E-state index contributed by atoms with van der Waals surface area (Å²) < 4.78 is 5.49. The van der Waals surface area contributed by atoms with E-state index in [9.17, 15) is 9.90 Å². The molecular formula is C26H40N6O3. The molecule has 0 radical (unpaired) electrons. The maximum atomic E-state index is 12.0. The number of carbonyl (C=O) groups is 1. The van der Waals surface area contributed by atoms with Crippen molar-refractivity contribution in [2.45, 2.75) is 119 Å². The number of amides is 1. The van der Waals surface area contributed by atoms with Crippen LogP contribution in [0.4, 0.5) is 11.8 Å². The monoisotopic (exact) mass is 484 g/mol. The summed E-state index contributed by atoms with van der Waals surface area (Å²) in [6.07, 6.45) is 14.9. The van der Waals surface area contributed by atoms with Gasteiger partial charge in [-0.1, -0.05) is 12.8 Å². The van der Waals surface area contributed by atoms with Crippen molar-refractivity contribution in [2.75, 3.05) is 23.4 Å². The van der Waals surface area contributed by atoms with Gasteiger partial charge in [-0.15, -0.1) is 0 Å². The summed E-state index contributed by atoms with van der Waals surface area (Å²) in [7, 11) is 0. The van der Waals surface area contributed by atoms with Crippen LogP contribution in [0, 0.1) is 0 Å². The van der Waals surface area contributed by atoms with Gasteiger partial charge in [-0.05, 0) is 51.4 Å². The number of aliphatic hydroxyl groups is 1. The van der Waals surface area contributed by atoms with E-state index in [1.165, 1.54) is 25.7 Å². The Hall–Kier alpha value is -1.97. The van der Waals surface area contributed by atoms with Crippen molar-refractivity contribution < 1.29 is 14.6 Å². The van der Waals surface area contributed by atoms with Crippen molar-refractivity contribution >= 4 is 17.7 Å². The highest BCUT2D eigenvalue weighted by atomic mass is 16.5. The van der Waals surface area contributed by atoms with Crippen molar-refractivity contribution in [3.63, 3.8) is 0 Å². The van der Waals surface area contributed by atoms with E-state index in [0.717, 1.165) is 63.1 Å². The lowest BCUT2D eigenvalue weighted by Gasteiger charge is -2.40. The zero-order valence-electron chi connectivity index (χ0n) is 20.7. The number of fused-ring (bicyclic) bond motifs is 1. The number of hydrogen-bond acceptors (Lipinski definition) is 8. The third-order valence-electron chi connectivity index (χ3n) is 8.95. The highest BCUT2D eigenvalue weighted by Gasteiger charge is 2.51. The molecule has 3 aliphatic heterocycles. The van der Waals surface area contributed by atoms with Gasteiger partial charge in [-0.25, -0.2) is 4.98 Å². The fraction of sp³-hybridized carbons (Fsp3) is 0.808. The molecule has 1 aromatic rings. The van der Waals surface area contributed by atoms with Gasteiger partial charge in [-0.2, -0.15) is 4.98 Å². The first-order valence-electron chi connectivity index (χ1n) is 13.9. The molecule has 4 fully saturated rings. The molecule has 2 aliphatic carbocycles. The molecule has 4 N–H and O–H groups in total. The largest absolute Gasteiger partial charge is 0.381 e. The van der Waals surface area contributed by atoms with Crippen LogP contribution < -0.4 is 20.9 Å². The maximum absolute atomic E-state index is 12.0. The number of carbonyl (C=O) groups excluding carboxylic acids is 1. The Bertz CT molecular complexity index is 910. The summed E-state index contributed by atoms with van der Waals surface area (Å²) in [6, 6.07) is 1.77. The Kier molecular flexibility index (Phi) is 6.58. The summed E-state index contributed by atoms with van der Waals surface area (Å²) in [5, 5.41) is 21.7. The lowest BCUT2D eigenvalue weighted by atomic mass is 9.90. The van der Waals surface area contributed by atoms with Gasteiger partial charge in [0.05, 0.1) is 6.04 Å². The van der Waals surface area contributed by atoms with Crippen LogP contribution in [-0.4, -0.2) is 70.1 Å². The molecular weight excluding hydrogens is 444 g/mol. The van der Waals surface area contributed by atoms with Gasteiger partial charge in [0.2, 0.25) is 11.9 Å². The summed E-state index contributed by atoms with van der Waals surface area (Å²) >= 11 is 0. The van der Waals surface area contributed by atoms with Crippen molar-refractivity contribution in [1.82, 2.24) is 20.6 Å². The zero-order valence-corrected chi connectivity index (χ0v) is 20.7. The van der Waals surface area contributed by atoms with Crippen LogP contribution in [0.5, 0.6) is 0 Å². The Morgan fingerprint density at radius 2 is 1.74 bits per heavy atom. The van der Waals surface area contributed by atoms with Gasteiger partial charge in [0, 0.05) is 68.4 Å². The van der Waals surface area contributed by atoms with Crippen molar-refractivity contribution in [2.24, 2.45) is 0 Å². The molecule has 2 atom stereocenters. The minimum absolute atomic E-state index is 0.0646. The first-order valence-corrected chi connectivity index (χ1v) is 13.9. The highest BCUT2D eigenvalue weighted by molar-refractivity contribution is 5.79. The van der Waals surface area contributed by atoms with E-state index < -0.39 is 5.72 Å². The first kappa shape index (κ1) is 23.4.